The van der Waals surface area contributed by atoms with Crippen LogP contribution < -0.4 is 0 Å². The number of hydrogen-bond donors (Lipinski definition) is 8. The van der Waals surface area contributed by atoms with E-state index in [2.05, 4.69) is 4.18 Å². The molecule has 6 unspecified atom stereocenters. The van der Waals surface area contributed by atoms with Crippen LogP contribution in [0.3, 0.4) is 0 Å². The summed E-state index contributed by atoms with van der Waals surface area (Å²) >= 11 is 0. The van der Waals surface area contributed by atoms with Crippen molar-refractivity contribution in [3.63, 3.8) is 0 Å². The number of methoxy groups -OCH3 is 1. The van der Waals surface area contributed by atoms with Crippen molar-refractivity contribution in [2.45, 2.75) is 93.5 Å². The van der Waals surface area contributed by atoms with Gasteiger partial charge in [0.25, 0.3) is 0 Å². The fourth-order valence-corrected chi connectivity index (χ4v) is 6.66. The van der Waals surface area contributed by atoms with Gasteiger partial charge in [-0.3, -0.25) is 4.55 Å². The van der Waals surface area contributed by atoms with Crippen molar-refractivity contribution in [3.8, 4) is 0 Å². The molecule has 3 aliphatic heterocycles. The summed E-state index contributed by atoms with van der Waals surface area (Å²) in [6.07, 6.45) is -15.4. The van der Waals surface area contributed by atoms with Crippen molar-refractivity contribution in [2.75, 3.05) is 46.8 Å². The van der Waals surface area contributed by atoms with Crippen molar-refractivity contribution in [2.24, 2.45) is 17.8 Å². The third-order valence-electron chi connectivity index (χ3n) is 8.64. The highest BCUT2D eigenvalue weighted by Gasteiger charge is 2.49. The first-order valence-corrected chi connectivity index (χ1v) is 16.0. The first-order chi connectivity index (χ1) is 21.1. The number of aliphatic hydroxyl groups is 6. The van der Waals surface area contributed by atoms with Gasteiger partial charge < -0.3 is 64.2 Å². The van der Waals surface area contributed by atoms with Gasteiger partial charge in [0.1, 0.15) is 42.7 Å². The lowest BCUT2D eigenvalue weighted by molar-refractivity contribution is -0.239. The normalized spacial score (nSPS) is 42.8. The molecule has 19 heteroatoms. The molecule has 0 aromatic rings. The van der Waals surface area contributed by atoms with Gasteiger partial charge in [0.2, 0.25) is 0 Å². The summed E-state index contributed by atoms with van der Waals surface area (Å²) in [6.45, 7) is 1.48. The topological polar surface area (TPSA) is 278 Å². The second-order valence-corrected chi connectivity index (χ2v) is 12.6. The zero-order chi connectivity index (χ0) is 33.6. The second kappa shape index (κ2) is 16.8. The molecule has 18 nitrogen and oxygen atoms in total. The predicted molar refractivity (Wildman–Crippen MR) is 147 cm³/mol. The molecule has 3 saturated heterocycles. The summed E-state index contributed by atoms with van der Waals surface area (Å²) < 4.78 is 69.7. The summed E-state index contributed by atoms with van der Waals surface area (Å²) in [5.41, 5.74) is 0. The molecule has 3 aliphatic rings. The molecule has 0 bridgehead atoms. The van der Waals surface area contributed by atoms with Crippen molar-refractivity contribution < 1.29 is 86.1 Å². The van der Waals surface area contributed by atoms with E-state index in [1.807, 2.05) is 0 Å². The van der Waals surface area contributed by atoms with Crippen molar-refractivity contribution in [3.05, 3.63) is 0 Å². The van der Waals surface area contributed by atoms with E-state index in [1.54, 1.807) is 6.92 Å². The highest BCUT2D eigenvalue weighted by molar-refractivity contribution is 7.80. The molecule has 8 N–H and O–H groups in total. The molecular formula is C26H46O18S. The van der Waals surface area contributed by atoms with E-state index in [0.29, 0.717) is 0 Å². The van der Waals surface area contributed by atoms with E-state index in [-0.39, 0.29) is 39.5 Å². The summed E-state index contributed by atoms with van der Waals surface area (Å²) in [6, 6.07) is 0. The Morgan fingerprint density at radius 1 is 0.733 bits per heavy atom. The molecule has 45 heavy (non-hydrogen) atoms. The Balaban J connectivity index is 1.70. The van der Waals surface area contributed by atoms with E-state index in [4.69, 9.17) is 33.0 Å². The zero-order valence-corrected chi connectivity index (χ0v) is 26.0. The number of carboxylic acids is 1. The highest BCUT2D eigenvalue weighted by Crippen LogP contribution is 2.34. The lowest BCUT2D eigenvalue weighted by Crippen LogP contribution is -2.59. The van der Waals surface area contributed by atoms with E-state index in [1.165, 1.54) is 14.0 Å². The standard InChI is InChI=1S/C26H46O18S/c1-4-12-21(30)22(31)17(43-24(12)26(33)34)9-39-6-13-14(20(29)15(5-27)42-16(13)8-38-3)7-40-10-18-23(32)25(44-45(35,36)37)19(28)11(2)41-18/h11-25,27-32H,4-10H2,1-3H3,(H,33,34)(H,35,36,37)/t11?,12-,13?,14-,15?,16+,17-,18-,19+,20-,21+,22?,23?,24?,25-/m0/s1. The number of aliphatic carboxylic acids is 1. The van der Waals surface area contributed by atoms with Gasteiger partial charge in [-0.05, 0) is 13.3 Å². The van der Waals surface area contributed by atoms with E-state index < -0.39 is 114 Å². The van der Waals surface area contributed by atoms with Crippen LogP contribution in [-0.2, 0) is 47.8 Å². The molecule has 3 heterocycles. The third-order valence-corrected chi connectivity index (χ3v) is 9.11. The zero-order valence-electron chi connectivity index (χ0n) is 25.2. The first kappa shape index (κ1) is 38.3. The van der Waals surface area contributed by atoms with Crippen molar-refractivity contribution in [1.82, 2.24) is 0 Å². The Kier molecular flexibility index (Phi) is 14.3. The molecule has 264 valence electrons. The molecule has 0 amide bonds. The van der Waals surface area contributed by atoms with Crippen LogP contribution in [0.5, 0.6) is 0 Å². The number of aliphatic hydroxyl groups excluding tert-OH is 6. The third kappa shape index (κ3) is 9.48. The van der Waals surface area contributed by atoms with Gasteiger partial charge in [-0.2, -0.15) is 8.42 Å². The fraction of sp³-hybridized carbons (Fsp3) is 0.962. The van der Waals surface area contributed by atoms with Gasteiger partial charge in [-0.1, -0.05) is 6.92 Å². The van der Waals surface area contributed by atoms with Gasteiger partial charge in [0.15, 0.2) is 6.10 Å². The molecule has 0 saturated carbocycles. The maximum Gasteiger partial charge on any atom is 0.397 e. The number of ether oxygens (including phenoxy) is 6. The van der Waals surface area contributed by atoms with Crippen LogP contribution in [0.1, 0.15) is 20.3 Å². The molecule has 0 radical (unpaired) electrons. The minimum Gasteiger partial charge on any atom is -0.479 e. The summed E-state index contributed by atoms with van der Waals surface area (Å²) in [7, 11) is -3.61. The molecule has 0 aliphatic carbocycles. The average Bonchev–Trinajstić information content (AvgIpc) is 2.97. The SMILES string of the molecule is CC[C@@H]1C(C(=O)O)O[C@@H](COCC2[C@@H](COC)OC(CO)[C@@H](O)[C@H]2COC[C@@H]2OC(C)[C@@H](O)[C@H](OS(=O)(=O)O)C2O)C(O)[C@@H]1O. The van der Waals surface area contributed by atoms with Gasteiger partial charge in [0, 0.05) is 24.9 Å². The Bertz CT molecular complexity index is 1030. The Morgan fingerprint density at radius 2 is 1.33 bits per heavy atom. The van der Waals surface area contributed by atoms with Crippen LogP contribution in [0.2, 0.25) is 0 Å². The molecule has 3 fully saturated rings. The van der Waals surface area contributed by atoms with Crippen LogP contribution in [0.25, 0.3) is 0 Å². The first-order valence-electron chi connectivity index (χ1n) is 14.6. The quantitative estimate of drug-likeness (QED) is 0.0774. The van der Waals surface area contributed by atoms with Crippen LogP contribution in [-0.4, -0.2) is 175 Å². The lowest BCUT2D eigenvalue weighted by atomic mass is 9.79. The van der Waals surface area contributed by atoms with Crippen LogP contribution in [0.4, 0.5) is 0 Å². The average molecular weight is 679 g/mol. The van der Waals surface area contributed by atoms with E-state index in [9.17, 15) is 49.0 Å². The fourth-order valence-electron chi connectivity index (χ4n) is 6.15. The Hall–Kier alpha value is -1.14. The smallest absolute Gasteiger partial charge is 0.397 e. The van der Waals surface area contributed by atoms with Crippen molar-refractivity contribution >= 4 is 16.4 Å². The van der Waals surface area contributed by atoms with Crippen LogP contribution in [0.15, 0.2) is 0 Å². The Labute approximate surface area is 260 Å². The van der Waals surface area contributed by atoms with Gasteiger partial charge >= 0.3 is 16.4 Å². The number of carbonyl (C=O) groups is 1. The van der Waals surface area contributed by atoms with E-state index >= 15 is 0 Å². The molecule has 0 aromatic heterocycles. The Morgan fingerprint density at radius 3 is 1.87 bits per heavy atom. The van der Waals surface area contributed by atoms with Gasteiger partial charge in [-0.15, -0.1) is 0 Å². The molecule has 15 atom stereocenters. The van der Waals surface area contributed by atoms with Gasteiger partial charge in [0.05, 0.1) is 64.1 Å². The predicted octanol–water partition coefficient (Wildman–Crippen LogP) is -3.68. The number of rotatable bonds is 15. The second-order valence-electron chi connectivity index (χ2n) is 11.6. The summed E-state index contributed by atoms with van der Waals surface area (Å²) in [5, 5.41) is 72.3. The van der Waals surface area contributed by atoms with Gasteiger partial charge in [-0.25, -0.2) is 8.98 Å². The van der Waals surface area contributed by atoms with E-state index in [0.717, 1.165) is 0 Å². The highest BCUT2D eigenvalue weighted by atomic mass is 32.3. The monoisotopic (exact) mass is 678 g/mol. The maximum absolute atomic E-state index is 11.7. The van der Waals surface area contributed by atoms with Crippen molar-refractivity contribution in [1.29, 1.82) is 0 Å². The largest absolute Gasteiger partial charge is 0.479 e. The van der Waals surface area contributed by atoms with Crippen LogP contribution >= 0.6 is 0 Å². The minimum absolute atomic E-state index is 0.0167. The number of carboxylic acid groups (broad SMARTS) is 1. The summed E-state index contributed by atoms with van der Waals surface area (Å²) in [4.78, 5) is 11.7. The minimum atomic E-state index is -5.02. The lowest BCUT2D eigenvalue weighted by Gasteiger charge is -2.45. The van der Waals surface area contributed by atoms with Crippen LogP contribution in [0, 0.1) is 17.8 Å². The molecule has 0 spiro atoms. The summed E-state index contributed by atoms with van der Waals surface area (Å²) in [5.74, 6) is -3.57. The maximum atomic E-state index is 11.7. The number of hydrogen-bond acceptors (Lipinski definition) is 16. The molecule has 3 rings (SSSR count). The molecular weight excluding hydrogens is 632 g/mol. The molecule has 0 aromatic carbocycles.